The minimum absolute atomic E-state index is 0.0271. The molecule has 4 nitrogen and oxygen atoms in total. The van der Waals surface area contributed by atoms with Crippen molar-refractivity contribution < 1.29 is 9.84 Å². The summed E-state index contributed by atoms with van der Waals surface area (Å²) in [6, 6.07) is 19.5. The van der Waals surface area contributed by atoms with Gasteiger partial charge in [0.1, 0.15) is 17.7 Å². The first-order valence-corrected chi connectivity index (χ1v) is 9.41. The van der Waals surface area contributed by atoms with Gasteiger partial charge in [-0.1, -0.05) is 42.5 Å². The molecular formula is C21H20N2O2S. The number of hydrogen-bond donors (Lipinski definition) is 2. The van der Waals surface area contributed by atoms with Crippen LogP contribution in [-0.2, 0) is 0 Å². The summed E-state index contributed by atoms with van der Waals surface area (Å²) in [6.07, 6.45) is 0.491. The van der Waals surface area contributed by atoms with E-state index < -0.39 is 0 Å². The number of aliphatic imine (C=N–C) groups is 1. The summed E-state index contributed by atoms with van der Waals surface area (Å²) in [5, 5.41) is 16.0. The Morgan fingerprint density at radius 2 is 1.81 bits per heavy atom. The molecule has 0 fully saturated rings. The van der Waals surface area contributed by atoms with Crippen LogP contribution in [0.5, 0.6) is 11.5 Å². The van der Waals surface area contributed by atoms with Crippen LogP contribution >= 0.6 is 11.3 Å². The van der Waals surface area contributed by atoms with Crippen LogP contribution in [0, 0.1) is 0 Å². The molecule has 0 bridgehead atoms. The Hall–Kier alpha value is -2.63. The standard InChI is InChI=1S/C21H20N2O2S/c1-25-19-10-5-3-8-15(19)21-22-16(14-7-2-4-9-18(14)24)13-17(23-21)20-11-6-12-26-20/h2-12,16,21-22,24H,13H2,1H3. The molecule has 26 heavy (non-hydrogen) atoms. The van der Waals surface area contributed by atoms with E-state index in [1.807, 2.05) is 48.5 Å². The molecule has 2 aromatic carbocycles. The van der Waals surface area contributed by atoms with E-state index in [1.165, 1.54) is 0 Å². The monoisotopic (exact) mass is 364 g/mol. The quantitative estimate of drug-likeness (QED) is 0.706. The molecule has 1 aliphatic heterocycles. The van der Waals surface area contributed by atoms with Crippen LogP contribution < -0.4 is 10.1 Å². The number of thiophene rings is 1. The van der Waals surface area contributed by atoms with Crippen LogP contribution in [0.15, 0.2) is 71.0 Å². The van der Waals surface area contributed by atoms with Crippen molar-refractivity contribution in [2.24, 2.45) is 4.99 Å². The Bertz CT molecular complexity index is 921. The van der Waals surface area contributed by atoms with Crippen molar-refractivity contribution >= 4 is 17.0 Å². The number of aromatic hydroxyl groups is 1. The second-order valence-corrected chi connectivity index (χ2v) is 7.13. The van der Waals surface area contributed by atoms with Gasteiger partial charge in [0.05, 0.1) is 12.8 Å². The number of methoxy groups -OCH3 is 1. The third-order valence-corrected chi connectivity index (χ3v) is 5.51. The van der Waals surface area contributed by atoms with Crippen LogP contribution in [0.2, 0.25) is 0 Å². The number of rotatable bonds is 4. The summed E-state index contributed by atoms with van der Waals surface area (Å²) >= 11 is 1.69. The summed E-state index contributed by atoms with van der Waals surface area (Å²) < 4.78 is 5.53. The lowest BCUT2D eigenvalue weighted by Gasteiger charge is -2.31. The van der Waals surface area contributed by atoms with Gasteiger partial charge in [0, 0.05) is 28.5 Å². The lowest BCUT2D eigenvalue weighted by Crippen LogP contribution is -2.33. The van der Waals surface area contributed by atoms with E-state index in [4.69, 9.17) is 9.73 Å². The maximum Gasteiger partial charge on any atom is 0.130 e. The SMILES string of the molecule is COc1ccccc1C1N=C(c2cccs2)CC(c2ccccc2O)N1. The third-order valence-electron chi connectivity index (χ3n) is 4.59. The number of nitrogens with one attached hydrogen (secondary N) is 1. The molecule has 0 aliphatic carbocycles. The van der Waals surface area contributed by atoms with E-state index in [0.29, 0.717) is 5.75 Å². The van der Waals surface area contributed by atoms with Gasteiger partial charge in [0.25, 0.3) is 0 Å². The van der Waals surface area contributed by atoms with Crippen molar-refractivity contribution in [3.8, 4) is 11.5 Å². The summed E-state index contributed by atoms with van der Waals surface area (Å²) in [5.41, 5.74) is 2.92. The van der Waals surface area contributed by atoms with E-state index in [0.717, 1.165) is 33.9 Å². The molecular weight excluding hydrogens is 344 g/mol. The van der Waals surface area contributed by atoms with Crippen molar-refractivity contribution in [2.45, 2.75) is 18.6 Å². The van der Waals surface area contributed by atoms with Crippen LogP contribution in [0.25, 0.3) is 0 Å². The molecule has 3 aromatic rings. The zero-order valence-corrected chi connectivity index (χ0v) is 15.2. The molecule has 1 aliphatic rings. The Kier molecular flexibility index (Phi) is 4.73. The highest BCUT2D eigenvalue weighted by Crippen LogP contribution is 2.37. The van der Waals surface area contributed by atoms with E-state index in [1.54, 1.807) is 24.5 Å². The number of phenols is 1. The highest BCUT2D eigenvalue weighted by Gasteiger charge is 2.29. The number of ether oxygens (including phenoxy) is 1. The molecule has 4 rings (SSSR count). The highest BCUT2D eigenvalue weighted by atomic mass is 32.1. The molecule has 2 unspecified atom stereocenters. The minimum Gasteiger partial charge on any atom is -0.508 e. The van der Waals surface area contributed by atoms with E-state index in [2.05, 4.69) is 16.8 Å². The zero-order valence-electron chi connectivity index (χ0n) is 14.4. The first-order valence-electron chi connectivity index (χ1n) is 8.53. The lowest BCUT2D eigenvalue weighted by atomic mass is 9.96. The molecule has 0 amide bonds. The molecule has 0 saturated carbocycles. The summed E-state index contributed by atoms with van der Waals surface area (Å²) in [7, 11) is 1.67. The fourth-order valence-corrected chi connectivity index (χ4v) is 4.06. The molecule has 5 heteroatoms. The van der Waals surface area contributed by atoms with Gasteiger partial charge in [-0.2, -0.15) is 0 Å². The lowest BCUT2D eigenvalue weighted by molar-refractivity contribution is 0.381. The second-order valence-electron chi connectivity index (χ2n) is 6.18. The highest BCUT2D eigenvalue weighted by molar-refractivity contribution is 7.12. The van der Waals surface area contributed by atoms with Crippen LogP contribution in [0.4, 0.5) is 0 Å². The van der Waals surface area contributed by atoms with E-state index in [9.17, 15) is 5.11 Å². The van der Waals surface area contributed by atoms with Gasteiger partial charge < -0.3 is 9.84 Å². The maximum absolute atomic E-state index is 10.3. The van der Waals surface area contributed by atoms with Crippen molar-refractivity contribution in [3.63, 3.8) is 0 Å². The predicted molar refractivity (Wildman–Crippen MR) is 105 cm³/mol. The van der Waals surface area contributed by atoms with E-state index >= 15 is 0 Å². The van der Waals surface area contributed by atoms with Gasteiger partial charge in [-0.15, -0.1) is 11.3 Å². The van der Waals surface area contributed by atoms with Crippen LogP contribution in [0.1, 0.15) is 34.6 Å². The summed E-state index contributed by atoms with van der Waals surface area (Å²) in [4.78, 5) is 6.12. The van der Waals surface area contributed by atoms with E-state index in [-0.39, 0.29) is 12.2 Å². The van der Waals surface area contributed by atoms with Gasteiger partial charge in [-0.05, 0) is 23.6 Å². The molecule has 0 spiro atoms. The van der Waals surface area contributed by atoms with Gasteiger partial charge in [-0.3, -0.25) is 10.3 Å². The molecule has 1 aromatic heterocycles. The van der Waals surface area contributed by atoms with Crippen molar-refractivity contribution in [1.82, 2.24) is 5.32 Å². The van der Waals surface area contributed by atoms with Crippen LogP contribution in [-0.4, -0.2) is 17.9 Å². The number of hydrogen-bond acceptors (Lipinski definition) is 5. The normalized spacial score (nSPS) is 19.8. The molecule has 2 N–H and O–H groups in total. The van der Waals surface area contributed by atoms with Crippen molar-refractivity contribution in [1.29, 1.82) is 0 Å². The Morgan fingerprint density at radius 1 is 1.04 bits per heavy atom. The first-order chi connectivity index (χ1) is 12.8. The fraction of sp³-hybridized carbons (Fsp3) is 0.190. The summed E-state index contributed by atoms with van der Waals surface area (Å²) in [6.45, 7) is 0. The topological polar surface area (TPSA) is 53.9 Å². The Balaban J connectivity index is 1.77. The Morgan fingerprint density at radius 3 is 2.54 bits per heavy atom. The molecule has 132 valence electrons. The van der Waals surface area contributed by atoms with Gasteiger partial charge in [0.15, 0.2) is 0 Å². The van der Waals surface area contributed by atoms with Crippen LogP contribution in [0.3, 0.4) is 0 Å². The smallest absolute Gasteiger partial charge is 0.130 e. The summed E-state index contributed by atoms with van der Waals surface area (Å²) in [5.74, 6) is 1.11. The van der Waals surface area contributed by atoms with Crippen molar-refractivity contribution in [2.75, 3.05) is 7.11 Å². The number of para-hydroxylation sites is 2. The van der Waals surface area contributed by atoms with Crippen molar-refractivity contribution in [3.05, 3.63) is 82.0 Å². The number of phenolic OH excluding ortho intramolecular Hbond substituents is 1. The fourth-order valence-electron chi connectivity index (χ4n) is 3.33. The average molecular weight is 364 g/mol. The second kappa shape index (κ2) is 7.32. The molecule has 0 radical (unpaired) electrons. The Labute approximate surface area is 156 Å². The number of nitrogens with zero attached hydrogens (tertiary/aromatic N) is 1. The largest absolute Gasteiger partial charge is 0.508 e. The minimum atomic E-state index is -0.235. The molecule has 2 atom stereocenters. The van der Waals surface area contributed by atoms with Gasteiger partial charge in [-0.25, -0.2) is 0 Å². The average Bonchev–Trinajstić information content (AvgIpc) is 3.23. The third kappa shape index (κ3) is 3.23. The maximum atomic E-state index is 10.3. The zero-order chi connectivity index (χ0) is 17.9. The van der Waals surface area contributed by atoms with Gasteiger partial charge in [0.2, 0.25) is 0 Å². The van der Waals surface area contributed by atoms with Gasteiger partial charge >= 0.3 is 0 Å². The molecule has 0 saturated heterocycles. The first kappa shape index (κ1) is 16.8. The predicted octanol–water partition coefficient (Wildman–Crippen LogP) is 4.68. The molecule has 2 heterocycles. The number of benzene rings is 2.